The molecule has 110 valence electrons. The van der Waals surface area contributed by atoms with Crippen molar-refractivity contribution in [1.29, 1.82) is 0 Å². The molecule has 0 heterocycles. The van der Waals surface area contributed by atoms with Gasteiger partial charge in [-0.05, 0) is 29.7 Å². The number of nitrogens with one attached hydrogen (secondary N) is 1. The molecule has 0 aliphatic carbocycles. The minimum absolute atomic E-state index is 0.000550. The normalized spacial score (nSPS) is 13.6. The Balaban J connectivity index is 2.22. The van der Waals surface area contributed by atoms with E-state index in [-0.39, 0.29) is 6.04 Å². The second-order valence-corrected chi connectivity index (χ2v) is 5.78. The predicted octanol–water partition coefficient (Wildman–Crippen LogP) is 4.32. The number of carboxylic acid groups (broad SMARTS) is 1. The summed E-state index contributed by atoms with van der Waals surface area (Å²) in [5.74, 6) is -0.864. The van der Waals surface area contributed by atoms with Gasteiger partial charge in [-0.1, -0.05) is 65.3 Å². The third kappa shape index (κ3) is 4.16. The molecular weight excluding hydrogens is 330 g/mol. The lowest BCUT2D eigenvalue weighted by Crippen LogP contribution is -2.31. The van der Waals surface area contributed by atoms with Crippen molar-refractivity contribution in [2.24, 2.45) is 0 Å². The number of carbonyl (C=O) groups is 1. The first-order valence-corrected chi connectivity index (χ1v) is 7.70. The molecular formula is C17H18BrNO2. The van der Waals surface area contributed by atoms with E-state index in [0.29, 0.717) is 0 Å². The lowest BCUT2D eigenvalue weighted by Gasteiger charge is -2.23. The van der Waals surface area contributed by atoms with Gasteiger partial charge < -0.3 is 5.11 Å². The van der Waals surface area contributed by atoms with E-state index in [0.717, 1.165) is 22.0 Å². The Kier molecular flexibility index (Phi) is 5.53. The molecule has 0 saturated heterocycles. The topological polar surface area (TPSA) is 49.3 Å². The van der Waals surface area contributed by atoms with Crippen LogP contribution in [0.5, 0.6) is 0 Å². The fourth-order valence-corrected chi connectivity index (χ4v) is 2.57. The zero-order chi connectivity index (χ0) is 15.2. The van der Waals surface area contributed by atoms with Gasteiger partial charge >= 0.3 is 5.97 Å². The Bertz CT molecular complexity index is 583. The zero-order valence-corrected chi connectivity index (χ0v) is 13.4. The van der Waals surface area contributed by atoms with Gasteiger partial charge in [0.15, 0.2) is 0 Å². The smallest absolute Gasteiger partial charge is 0.325 e. The van der Waals surface area contributed by atoms with Crippen LogP contribution in [-0.4, -0.2) is 11.1 Å². The first-order valence-electron chi connectivity index (χ1n) is 6.91. The molecule has 0 radical (unpaired) electrons. The van der Waals surface area contributed by atoms with Crippen molar-refractivity contribution in [3.63, 3.8) is 0 Å². The van der Waals surface area contributed by atoms with Gasteiger partial charge in [0.05, 0.1) is 0 Å². The van der Waals surface area contributed by atoms with Crippen molar-refractivity contribution in [3.8, 4) is 0 Å². The average molecular weight is 348 g/mol. The van der Waals surface area contributed by atoms with Crippen LogP contribution in [0.3, 0.4) is 0 Å². The van der Waals surface area contributed by atoms with Gasteiger partial charge in [-0.2, -0.15) is 0 Å². The van der Waals surface area contributed by atoms with E-state index in [9.17, 15) is 9.90 Å². The Morgan fingerprint density at radius 3 is 2.24 bits per heavy atom. The average Bonchev–Trinajstić information content (AvgIpc) is 2.50. The van der Waals surface area contributed by atoms with Gasteiger partial charge in [-0.25, -0.2) is 0 Å². The Hall–Kier alpha value is -1.65. The maximum Gasteiger partial charge on any atom is 0.325 e. The van der Waals surface area contributed by atoms with Gasteiger partial charge in [0.1, 0.15) is 6.04 Å². The van der Waals surface area contributed by atoms with Crippen molar-refractivity contribution < 1.29 is 9.90 Å². The van der Waals surface area contributed by atoms with Gasteiger partial charge in [-0.15, -0.1) is 0 Å². The summed E-state index contributed by atoms with van der Waals surface area (Å²) in [5.41, 5.74) is 1.85. The molecule has 0 saturated carbocycles. The molecule has 0 amide bonds. The highest BCUT2D eigenvalue weighted by molar-refractivity contribution is 9.10. The second kappa shape index (κ2) is 7.38. The number of hydrogen-bond donors (Lipinski definition) is 2. The van der Waals surface area contributed by atoms with Crippen LogP contribution in [0.4, 0.5) is 0 Å². The summed E-state index contributed by atoms with van der Waals surface area (Å²) in [5, 5.41) is 12.7. The number of hydrogen-bond acceptors (Lipinski definition) is 2. The molecule has 0 aliphatic heterocycles. The summed E-state index contributed by atoms with van der Waals surface area (Å²) in [6, 6.07) is 16.5. The van der Waals surface area contributed by atoms with E-state index in [1.54, 1.807) is 0 Å². The maximum atomic E-state index is 11.6. The summed E-state index contributed by atoms with van der Waals surface area (Å²) >= 11 is 3.41. The number of carboxylic acids is 1. The Morgan fingerprint density at radius 2 is 1.71 bits per heavy atom. The molecule has 2 atom stereocenters. The van der Waals surface area contributed by atoms with Crippen molar-refractivity contribution in [2.75, 3.05) is 0 Å². The largest absolute Gasteiger partial charge is 0.480 e. The fraction of sp³-hybridized carbons (Fsp3) is 0.235. The SMILES string of the molecule is CCC(NC(C(=O)O)c1ccccc1)c1ccc(Br)cc1. The summed E-state index contributed by atoms with van der Waals surface area (Å²) in [6.07, 6.45) is 0.818. The lowest BCUT2D eigenvalue weighted by molar-refractivity contribution is -0.139. The fourth-order valence-electron chi connectivity index (χ4n) is 2.30. The van der Waals surface area contributed by atoms with E-state index in [4.69, 9.17) is 0 Å². The lowest BCUT2D eigenvalue weighted by atomic mass is 10.0. The van der Waals surface area contributed by atoms with Crippen LogP contribution < -0.4 is 5.32 Å². The van der Waals surface area contributed by atoms with Crippen LogP contribution in [0.1, 0.15) is 36.6 Å². The van der Waals surface area contributed by atoms with Gasteiger partial charge in [-0.3, -0.25) is 10.1 Å². The highest BCUT2D eigenvalue weighted by Gasteiger charge is 2.23. The minimum atomic E-state index is -0.864. The van der Waals surface area contributed by atoms with Gasteiger partial charge in [0.25, 0.3) is 0 Å². The first-order chi connectivity index (χ1) is 10.1. The first kappa shape index (κ1) is 15.7. The maximum absolute atomic E-state index is 11.6. The number of aliphatic carboxylic acids is 1. The van der Waals surface area contributed by atoms with Crippen molar-refractivity contribution in [3.05, 3.63) is 70.2 Å². The monoisotopic (exact) mass is 347 g/mol. The third-order valence-corrected chi connectivity index (χ3v) is 3.96. The third-order valence-electron chi connectivity index (χ3n) is 3.43. The van der Waals surface area contributed by atoms with Crippen molar-refractivity contribution in [1.82, 2.24) is 5.32 Å². The molecule has 21 heavy (non-hydrogen) atoms. The number of rotatable bonds is 6. The molecule has 0 fully saturated rings. The van der Waals surface area contributed by atoms with E-state index in [1.165, 1.54) is 0 Å². The van der Waals surface area contributed by atoms with Crippen LogP contribution in [0.15, 0.2) is 59.1 Å². The van der Waals surface area contributed by atoms with Crippen LogP contribution in [0.25, 0.3) is 0 Å². The van der Waals surface area contributed by atoms with Crippen LogP contribution in [-0.2, 0) is 4.79 Å². The van der Waals surface area contributed by atoms with Gasteiger partial charge in [0.2, 0.25) is 0 Å². The highest BCUT2D eigenvalue weighted by atomic mass is 79.9. The second-order valence-electron chi connectivity index (χ2n) is 4.86. The summed E-state index contributed by atoms with van der Waals surface area (Å²) < 4.78 is 1.01. The molecule has 0 spiro atoms. The van der Waals surface area contributed by atoms with E-state index < -0.39 is 12.0 Å². The van der Waals surface area contributed by atoms with E-state index in [2.05, 4.69) is 21.2 Å². The molecule has 0 bridgehead atoms. The van der Waals surface area contributed by atoms with E-state index >= 15 is 0 Å². The van der Waals surface area contributed by atoms with Crippen LogP contribution in [0, 0.1) is 0 Å². The molecule has 0 aromatic heterocycles. The molecule has 4 heteroatoms. The molecule has 3 nitrogen and oxygen atoms in total. The van der Waals surface area contributed by atoms with Crippen molar-refractivity contribution >= 4 is 21.9 Å². The van der Waals surface area contributed by atoms with Crippen LogP contribution >= 0.6 is 15.9 Å². The highest BCUT2D eigenvalue weighted by Crippen LogP contribution is 2.24. The molecule has 2 unspecified atom stereocenters. The molecule has 2 aromatic rings. The number of halogens is 1. The molecule has 2 rings (SSSR count). The Labute approximate surface area is 133 Å². The number of benzene rings is 2. The van der Waals surface area contributed by atoms with Crippen LogP contribution in [0.2, 0.25) is 0 Å². The minimum Gasteiger partial charge on any atom is -0.480 e. The molecule has 2 N–H and O–H groups in total. The van der Waals surface area contributed by atoms with E-state index in [1.807, 2.05) is 61.5 Å². The van der Waals surface area contributed by atoms with Crippen molar-refractivity contribution in [2.45, 2.75) is 25.4 Å². The zero-order valence-electron chi connectivity index (χ0n) is 11.8. The quantitative estimate of drug-likeness (QED) is 0.818. The summed E-state index contributed by atoms with van der Waals surface area (Å²) in [6.45, 7) is 2.05. The summed E-state index contributed by atoms with van der Waals surface area (Å²) in [4.78, 5) is 11.6. The predicted molar refractivity (Wildman–Crippen MR) is 87.1 cm³/mol. The molecule has 0 aliphatic rings. The molecule has 2 aromatic carbocycles. The summed E-state index contributed by atoms with van der Waals surface area (Å²) in [7, 11) is 0. The standard InChI is InChI=1S/C17H18BrNO2/c1-2-15(12-8-10-14(18)11-9-12)19-16(17(20)21)13-6-4-3-5-7-13/h3-11,15-16,19H,2H2,1H3,(H,20,21). The Morgan fingerprint density at radius 1 is 1.10 bits per heavy atom. The van der Waals surface area contributed by atoms with Gasteiger partial charge in [0, 0.05) is 10.5 Å².